The first-order valence-corrected chi connectivity index (χ1v) is 5.43. The van der Waals surface area contributed by atoms with Gasteiger partial charge in [-0.1, -0.05) is 24.4 Å². The Morgan fingerprint density at radius 1 is 1.40 bits per heavy atom. The smallest absolute Gasteiger partial charge is 0.137 e. The maximum atomic E-state index is 9.00. The predicted molar refractivity (Wildman–Crippen MR) is 55.8 cm³/mol. The lowest BCUT2D eigenvalue weighted by Gasteiger charge is -2.22. The van der Waals surface area contributed by atoms with Gasteiger partial charge in [0.1, 0.15) is 12.7 Å². The van der Waals surface area contributed by atoms with Crippen molar-refractivity contribution < 1.29 is 5.21 Å². The maximum Gasteiger partial charge on any atom is 0.137 e. The van der Waals surface area contributed by atoms with Gasteiger partial charge in [0.2, 0.25) is 0 Å². The third-order valence-corrected chi connectivity index (χ3v) is 3.00. The first kappa shape index (κ1) is 10.1. The average molecular weight is 208 g/mol. The van der Waals surface area contributed by atoms with E-state index in [2.05, 4.69) is 15.2 Å². The van der Waals surface area contributed by atoms with Crippen molar-refractivity contribution in [3.05, 3.63) is 12.7 Å². The summed E-state index contributed by atoms with van der Waals surface area (Å²) >= 11 is 0. The lowest BCUT2D eigenvalue weighted by molar-refractivity contribution is 0.306. The summed E-state index contributed by atoms with van der Waals surface area (Å²) in [6.07, 6.45) is 9.19. The minimum atomic E-state index is 0.424. The van der Waals surface area contributed by atoms with Crippen molar-refractivity contribution in [2.24, 2.45) is 11.1 Å². The molecule has 1 aromatic rings. The van der Waals surface area contributed by atoms with Gasteiger partial charge in [0.25, 0.3) is 0 Å². The molecule has 0 amide bonds. The van der Waals surface area contributed by atoms with E-state index in [1.165, 1.54) is 25.6 Å². The number of oxime groups is 1. The molecule has 0 radical (unpaired) electrons. The molecular formula is C10H16N4O. The van der Waals surface area contributed by atoms with E-state index in [0.717, 1.165) is 18.6 Å². The Kier molecular flexibility index (Phi) is 3.32. The summed E-state index contributed by atoms with van der Waals surface area (Å²) in [5, 5.41) is 16.4. The van der Waals surface area contributed by atoms with Gasteiger partial charge >= 0.3 is 0 Å². The van der Waals surface area contributed by atoms with Crippen LogP contribution >= 0.6 is 0 Å². The first-order chi connectivity index (χ1) is 7.40. The fourth-order valence-corrected chi connectivity index (χ4v) is 2.16. The highest BCUT2D eigenvalue weighted by Crippen LogP contribution is 2.25. The molecule has 1 aromatic heterocycles. The normalized spacial score (nSPS) is 19.3. The SMILES string of the molecule is ON=C(Cn1cncn1)C1CCCCC1. The van der Waals surface area contributed by atoms with Crippen molar-refractivity contribution >= 4 is 5.71 Å². The molecular weight excluding hydrogens is 192 g/mol. The summed E-state index contributed by atoms with van der Waals surface area (Å²) in [5.74, 6) is 0.424. The lowest BCUT2D eigenvalue weighted by atomic mass is 9.86. The Morgan fingerprint density at radius 2 is 2.20 bits per heavy atom. The number of nitrogens with zero attached hydrogens (tertiary/aromatic N) is 4. The summed E-state index contributed by atoms with van der Waals surface area (Å²) in [4.78, 5) is 3.87. The van der Waals surface area contributed by atoms with Gasteiger partial charge in [-0.25, -0.2) is 9.67 Å². The fourth-order valence-electron chi connectivity index (χ4n) is 2.16. The van der Waals surface area contributed by atoms with Crippen LogP contribution in [-0.4, -0.2) is 25.7 Å². The Bertz CT molecular complexity index is 314. The average Bonchev–Trinajstić information content (AvgIpc) is 2.80. The molecule has 0 aromatic carbocycles. The van der Waals surface area contributed by atoms with Crippen LogP contribution in [0.1, 0.15) is 32.1 Å². The van der Waals surface area contributed by atoms with Gasteiger partial charge in [0.05, 0.1) is 12.3 Å². The molecule has 1 aliphatic carbocycles. The number of aromatic nitrogens is 3. The molecule has 0 spiro atoms. The molecule has 1 N–H and O–H groups in total. The van der Waals surface area contributed by atoms with Crippen LogP contribution in [0.25, 0.3) is 0 Å². The first-order valence-electron chi connectivity index (χ1n) is 5.43. The molecule has 0 aliphatic heterocycles. The van der Waals surface area contributed by atoms with Gasteiger partial charge in [0.15, 0.2) is 0 Å². The van der Waals surface area contributed by atoms with Crippen LogP contribution in [0.3, 0.4) is 0 Å². The largest absolute Gasteiger partial charge is 0.411 e. The Labute approximate surface area is 88.8 Å². The second-order valence-electron chi connectivity index (χ2n) is 4.02. The Hall–Kier alpha value is -1.39. The quantitative estimate of drug-likeness (QED) is 0.467. The monoisotopic (exact) mass is 208 g/mol. The van der Waals surface area contributed by atoms with Gasteiger partial charge in [-0.3, -0.25) is 0 Å². The van der Waals surface area contributed by atoms with Crippen molar-refractivity contribution in [2.75, 3.05) is 0 Å². The molecule has 1 fully saturated rings. The predicted octanol–water partition coefficient (Wildman–Crippen LogP) is 1.69. The molecule has 1 heterocycles. The summed E-state index contributed by atoms with van der Waals surface area (Å²) in [6.45, 7) is 0.557. The standard InChI is InChI=1S/C10H16N4O/c15-13-10(6-14-8-11-7-12-14)9-4-2-1-3-5-9/h7-9,15H,1-6H2. The van der Waals surface area contributed by atoms with E-state index >= 15 is 0 Å². The highest BCUT2D eigenvalue weighted by atomic mass is 16.4. The summed E-state index contributed by atoms with van der Waals surface area (Å²) < 4.78 is 1.70. The van der Waals surface area contributed by atoms with E-state index in [1.54, 1.807) is 11.0 Å². The zero-order chi connectivity index (χ0) is 10.5. The van der Waals surface area contributed by atoms with Gasteiger partial charge in [-0.2, -0.15) is 5.10 Å². The Morgan fingerprint density at radius 3 is 2.80 bits per heavy atom. The number of rotatable bonds is 3. The maximum absolute atomic E-state index is 9.00. The molecule has 82 valence electrons. The molecule has 15 heavy (non-hydrogen) atoms. The van der Waals surface area contributed by atoms with Gasteiger partial charge in [-0.05, 0) is 12.8 Å². The van der Waals surface area contributed by atoms with E-state index in [9.17, 15) is 0 Å². The van der Waals surface area contributed by atoms with Crippen LogP contribution in [-0.2, 0) is 6.54 Å². The summed E-state index contributed by atoms with van der Waals surface area (Å²) in [5.41, 5.74) is 0.834. The third-order valence-electron chi connectivity index (χ3n) is 3.00. The van der Waals surface area contributed by atoms with Gasteiger partial charge in [0, 0.05) is 5.92 Å². The van der Waals surface area contributed by atoms with E-state index in [4.69, 9.17) is 5.21 Å². The van der Waals surface area contributed by atoms with Crippen LogP contribution in [0.15, 0.2) is 17.8 Å². The van der Waals surface area contributed by atoms with Crippen molar-refractivity contribution in [1.29, 1.82) is 0 Å². The summed E-state index contributed by atoms with van der Waals surface area (Å²) in [6, 6.07) is 0. The molecule has 5 heteroatoms. The molecule has 1 saturated carbocycles. The van der Waals surface area contributed by atoms with Crippen LogP contribution in [0.4, 0.5) is 0 Å². The minimum absolute atomic E-state index is 0.424. The number of hydrogen-bond donors (Lipinski definition) is 1. The van der Waals surface area contributed by atoms with E-state index in [0.29, 0.717) is 12.5 Å². The molecule has 0 saturated heterocycles. The highest BCUT2D eigenvalue weighted by molar-refractivity contribution is 5.86. The van der Waals surface area contributed by atoms with Gasteiger partial charge in [-0.15, -0.1) is 0 Å². The zero-order valence-corrected chi connectivity index (χ0v) is 8.71. The molecule has 0 atom stereocenters. The zero-order valence-electron chi connectivity index (χ0n) is 8.71. The van der Waals surface area contributed by atoms with E-state index in [1.807, 2.05) is 0 Å². The molecule has 0 bridgehead atoms. The van der Waals surface area contributed by atoms with E-state index in [-0.39, 0.29) is 0 Å². The Balaban J connectivity index is 1.98. The highest BCUT2D eigenvalue weighted by Gasteiger charge is 2.20. The second kappa shape index (κ2) is 4.91. The van der Waals surface area contributed by atoms with Crippen molar-refractivity contribution in [1.82, 2.24) is 14.8 Å². The van der Waals surface area contributed by atoms with Crippen molar-refractivity contribution in [2.45, 2.75) is 38.6 Å². The fraction of sp³-hybridized carbons (Fsp3) is 0.700. The number of hydrogen-bond acceptors (Lipinski definition) is 4. The lowest BCUT2D eigenvalue weighted by Crippen LogP contribution is -2.23. The van der Waals surface area contributed by atoms with Gasteiger partial charge < -0.3 is 5.21 Å². The van der Waals surface area contributed by atoms with E-state index < -0.39 is 0 Å². The van der Waals surface area contributed by atoms with Crippen LogP contribution < -0.4 is 0 Å². The minimum Gasteiger partial charge on any atom is -0.411 e. The van der Waals surface area contributed by atoms with Crippen LogP contribution in [0.2, 0.25) is 0 Å². The van der Waals surface area contributed by atoms with Crippen molar-refractivity contribution in [3.8, 4) is 0 Å². The second-order valence-corrected chi connectivity index (χ2v) is 4.02. The summed E-state index contributed by atoms with van der Waals surface area (Å²) in [7, 11) is 0. The molecule has 1 aliphatic rings. The molecule has 2 rings (SSSR count). The molecule has 0 unspecified atom stereocenters. The molecule has 5 nitrogen and oxygen atoms in total. The van der Waals surface area contributed by atoms with Crippen LogP contribution in [0, 0.1) is 5.92 Å². The third kappa shape index (κ3) is 2.55. The van der Waals surface area contributed by atoms with Crippen LogP contribution in [0.5, 0.6) is 0 Å². The topological polar surface area (TPSA) is 63.3 Å². The van der Waals surface area contributed by atoms with Crippen molar-refractivity contribution in [3.63, 3.8) is 0 Å².